The molecule has 0 bridgehead atoms. The van der Waals surface area contributed by atoms with Crippen LogP contribution in [0.15, 0.2) is 47.5 Å². The van der Waals surface area contributed by atoms with Gasteiger partial charge in [-0.1, -0.05) is 18.2 Å². The average molecular weight is 273 g/mol. The lowest BCUT2D eigenvalue weighted by atomic mass is 10.2. The molecule has 3 nitrogen and oxygen atoms in total. The first kappa shape index (κ1) is 14.8. The molecule has 0 aliphatic heterocycles. The van der Waals surface area contributed by atoms with Gasteiger partial charge >= 0.3 is 0 Å². The van der Waals surface area contributed by atoms with Gasteiger partial charge in [0.25, 0.3) is 0 Å². The van der Waals surface area contributed by atoms with E-state index >= 15 is 0 Å². The van der Waals surface area contributed by atoms with Crippen LogP contribution in [0.3, 0.4) is 0 Å². The zero-order valence-corrected chi connectivity index (χ0v) is 11.0. The van der Waals surface area contributed by atoms with Crippen molar-refractivity contribution in [3.63, 3.8) is 0 Å². The van der Waals surface area contributed by atoms with Crippen molar-refractivity contribution in [2.24, 2.45) is 0 Å². The molecule has 19 heavy (non-hydrogen) atoms. The molecule has 1 N–H and O–H groups in total. The zero-order valence-electron chi connectivity index (χ0n) is 10.2. The molecule has 0 aliphatic carbocycles. The topological polar surface area (TPSA) is 59.6 Å². The van der Waals surface area contributed by atoms with E-state index in [0.717, 1.165) is 5.56 Å². The number of allylic oxidation sites excluding steroid dienone is 1. The molecule has 0 fully saturated rings. The van der Waals surface area contributed by atoms with Gasteiger partial charge in [0, 0.05) is 12.3 Å². The van der Waals surface area contributed by atoms with Gasteiger partial charge in [-0.2, -0.15) is 10.5 Å². The Kier molecular flexibility index (Phi) is 6.21. The van der Waals surface area contributed by atoms with Crippen LogP contribution < -0.4 is 5.32 Å². The van der Waals surface area contributed by atoms with Crippen molar-refractivity contribution < 1.29 is 4.39 Å². The van der Waals surface area contributed by atoms with E-state index in [4.69, 9.17) is 10.5 Å². The number of hydrogen-bond donors (Lipinski definition) is 1. The number of halogens is 1. The second-order valence-corrected chi connectivity index (χ2v) is 4.50. The summed E-state index contributed by atoms with van der Waals surface area (Å²) in [7, 11) is 0. The van der Waals surface area contributed by atoms with Gasteiger partial charge in [0.2, 0.25) is 0 Å². The van der Waals surface area contributed by atoms with E-state index in [1.807, 2.05) is 12.1 Å². The Balaban J connectivity index is 2.77. The first-order valence-corrected chi connectivity index (χ1v) is 6.46. The highest BCUT2D eigenvalue weighted by molar-refractivity contribution is 8.02. The molecule has 0 unspecified atom stereocenters. The minimum absolute atomic E-state index is 0.0361. The SMILES string of the molecule is C=CCNC(SCc1ccc(F)cc1)=C(C#N)C#N. The third-order valence-corrected chi connectivity index (χ3v) is 3.27. The number of benzene rings is 1. The maximum Gasteiger partial charge on any atom is 0.159 e. The van der Waals surface area contributed by atoms with Gasteiger partial charge in [-0.05, 0) is 17.7 Å². The van der Waals surface area contributed by atoms with Crippen LogP contribution in [0.2, 0.25) is 0 Å². The van der Waals surface area contributed by atoms with Crippen molar-refractivity contribution in [3.05, 3.63) is 58.9 Å². The molecule has 5 heteroatoms. The molecule has 0 aliphatic rings. The van der Waals surface area contributed by atoms with E-state index in [2.05, 4.69) is 11.9 Å². The van der Waals surface area contributed by atoms with Crippen molar-refractivity contribution in [1.29, 1.82) is 10.5 Å². The monoisotopic (exact) mass is 273 g/mol. The number of nitrogens with one attached hydrogen (secondary N) is 1. The largest absolute Gasteiger partial charge is 0.375 e. The highest BCUT2D eigenvalue weighted by atomic mass is 32.2. The van der Waals surface area contributed by atoms with Crippen LogP contribution in [0.25, 0.3) is 0 Å². The minimum atomic E-state index is -0.288. The smallest absolute Gasteiger partial charge is 0.159 e. The Morgan fingerprint density at radius 2 is 1.95 bits per heavy atom. The lowest BCUT2D eigenvalue weighted by molar-refractivity contribution is 0.627. The normalized spacial score (nSPS) is 9.00. The number of nitriles is 2. The number of thioether (sulfide) groups is 1. The molecule has 0 spiro atoms. The summed E-state index contributed by atoms with van der Waals surface area (Å²) in [5.74, 6) is 0.260. The van der Waals surface area contributed by atoms with Gasteiger partial charge in [0.1, 0.15) is 18.0 Å². The first-order valence-electron chi connectivity index (χ1n) is 5.47. The van der Waals surface area contributed by atoms with Gasteiger partial charge in [-0.15, -0.1) is 18.3 Å². The molecular weight excluding hydrogens is 261 g/mol. The fourth-order valence-electron chi connectivity index (χ4n) is 1.24. The Bertz CT molecular complexity index is 534. The predicted octanol–water partition coefficient (Wildman–Crippen LogP) is 3.09. The summed E-state index contributed by atoms with van der Waals surface area (Å²) in [6, 6.07) is 9.80. The zero-order chi connectivity index (χ0) is 14.1. The number of hydrogen-bond acceptors (Lipinski definition) is 4. The highest BCUT2D eigenvalue weighted by Crippen LogP contribution is 2.22. The summed E-state index contributed by atoms with van der Waals surface area (Å²) in [5.41, 5.74) is 0.952. The van der Waals surface area contributed by atoms with Gasteiger partial charge in [0.05, 0.1) is 5.03 Å². The van der Waals surface area contributed by atoms with E-state index in [9.17, 15) is 4.39 Å². The number of rotatable bonds is 6. The fourth-order valence-corrected chi connectivity index (χ4v) is 2.16. The maximum atomic E-state index is 12.8. The van der Waals surface area contributed by atoms with Crippen LogP contribution in [0, 0.1) is 28.5 Å². The molecule has 0 aromatic heterocycles. The van der Waals surface area contributed by atoms with Crippen LogP contribution in [-0.2, 0) is 5.75 Å². The predicted molar refractivity (Wildman–Crippen MR) is 74.1 cm³/mol. The molecule has 0 heterocycles. The summed E-state index contributed by atoms with van der Waals surface area (Å²) < 4.78 is 12.8. The molecule has 1 aromatic rings. The van der Waals surface area contributed by atoms with Gasteiger partial charge in [0.15, 0.2) is 5.57 Å². The van der Waals surface area contributed by atoms with Crippen LogP contribution >= 0.6 is 11.8 Å². The highest BCUT2D eigenvalue weighted by Gasteiger charge is 2.06. The molecule has 96 valence electrons. The van der Waals surface area contributed by atoms with Crippen LogP contribution in [-0.4, -0.2) is 6.54 Å². The first-order chi connectivity index (χ1) is 9.21. The lowest BCUT2D eigenvalue weighted by Gasteiger charge is -2.08. The summed E-state index contributed by atoms with van der Waals surface area (Å²) in [6.07, 6.45) is 1.64. The van der Waals surface area contributed by atoms with E-state index in [-0.39, 0.29) is 11.4 Å². The summed E-state index contributed by atoms with van der Waals surface area (Å²) in [6.45, 7) is 4.04. The van der Waals surface area contributed by atoms with Crippen molar-refractivity contribution >= 4 is 11.8 Å². The maximum absolute atomic E-state index is 12.8. The average Bonchev–Trinajstić information content (AvgIpc) is 2.44. The summed E-state index contributed by atoms with van der Waals surface area (Å²) >= 11 is 1.33. The van der Waals surface area contributed by atoms with Crippen LogP contribution in [0.4, 0.5) is 4.39 Å². The summed E-state index contributed by atoms with van der Waals surface area (Å²) in [4.78, 5) is 0. The second kappa shape index (κ2) is 7.97. The second-order valence-electron chi connectivity index (χ2n) is 3.51. The Hall–Kier alpha value is -2.24. The molecule has 0 saturated carbocycles. The molecule has 0 amide bonds. The van der Waals surface area contributed by atoms with Gasteiger partial charge < -0.3 is 5.32 Å². The fraction of sp³-hybridized carbons (Fsp3) is 0.143. The molecule has 0 atom stereocenters. The standard InChI is InChI=1S/C14H12FN3S/c1-2-7-18-14(12(8-16)9-17)19-10-11-3-5-13(15)6-4-11/h2-6,18H,1,7,10H2. The van der Waals surface area contributed by atoms with Crippen molar-refractivity contribution in [3.8, 4) is 12.1 Å². The quantitative estimate of drug-likeness (QED) is 0.639. The molecule has 1 aromatic carbocycles. The Morgan fingerprint density at radius 1 is 1.32 bits per heavy atom. The van der Waals surface area contributed by atoms with Crippen molar-refractivity contribution in [2.75, 3.05) is 6.54 Å². The third-order valence-electron chi connectivity index (χ3n) is 2.15. The van der Waals surface area contributed by atoms with E-state index < -0.39 is 0 Å². The summed E-state index contributed by atoms with van der Waals surface area (Å²) in [5, 5.41) is 21.2. The third kappa shape index (κ3) is 4.87. The minimum Gasteiger partial charge on any atom is -0.375 e. The molecular formula is C14H12FN3S. The Morgan fingerprint density at radius 3 is 2.47 bits per heavy atom. The lowest BCUT2D eigenvalue weighted by Crippen LogP contribution is -2.12. The van der Waals surface area contributed by atoms with Gasteiger partial charge in [-0.25, -0.2) is 4.39 Å². The molecule has 0 saturated heterocycles. The van der Waals surface area contributed by atoms with Crippen LogP contribution in [0.1, 0.15) is 5.56 Å². The van der Waals surface area contributed by atoms with E-state index in [1.165, 1.54) is 23.9 Å². The van der Waals surface area contributed by atoms with Crippen molar-refractivity contribution in [1.82, 2.24) is 5.32 Å². The van der Waals surface area contributed by atoms with Gasteiger partial charge in [-0.3, -0.25) is 0 Å². The van der Waals surface area contributed by atoms with E-state index in [1.54, 1.807) is 18.2 Å². The van der Waals surface area contributed by atoms with Crippen LogP contribution in [0.5, 0.6) is 0 Å². The number of nitrogens with zero attached hydrogens (tertiary/aromatic N) is 2. The molecule has 1 rings (SSSR count). The van der Waals surface area contributed by atoms with E-state index in [0.29, 0.717) is 17.3 Å². The van der Waals surface area contributed by atoms with Crippen molar-refractivity contribution in [2.45, 2.75) is 5.75 Å². The Labute approximate surface area is 116 Å². The molecule has 0 radical (unpaired) electrons.